The number of anilines is 1. The zero-order chi connectivity index (χ0) is 17.0. The maximum Gasteiger partial charge on any atom is 0.371 e. The second-order valence-corrected chi connectivity index (χ2v) is 5.55. The highest BCUT2D eigenvalue weighted by atomic mass is 16.5. The Morgan fingerprint density at radius 3 is 2.26 bits per heavy atom. The van der Waals surface area contributed by atoms with Crippen molar-refractivity contribution in [3.8, 4) is 5.75 Å². The number of ether oxygens (including phenoxy) is 1. The third-order valence-corrected chi connectivity index (χ3v) is 2.74. The highest BCUT2D eigenvalue weighted by molar-refractivity contribution is 6.02. The van der Waals surface area contributed by atoms with Crippen LogP contribution in [0.2, 0.25) is 0 Å². The summed E-state index contributed by atoms with van der Waals surface area (Å²) in [4.78, 5) is 22.6. The molecule has 3 N–H and O–H groups in total. The lowest BCUT2D eigenvalue weighted by atomic mass is 10.2. The molecule has 7 heteroatoms. The van der Waals surface area contributed by atoms with Crippen molar-refractivity contribution < 1.29 is 29.0 Å². The third kappa shape index (κ3) is 4.86. The van der Waals surface area contributed by atoms with E-state index in [-0.39, 0.29) is 18.1 Å². The van der Waals surface area contributed by atoms with Crippen molar-refractivity contribution in [3.05, 3.63) is 47.9 Å². The van der Waals surface area contributed by atoms with Crippen LogP contribution in [0.4, 0.5) is 5.69 Å². The Hall–Kier alpha value is -2.80. The monoisotopic (exact) mass is 319 g/mol. The summed E-state index contributed by atoms with van der Waals surface area (Å²) in [5.74, 6) is -1.63. The Balaban J connectivity index is 1.97. The van der Waals surface area contributed by atoms with E-state index in [1.54, 1.807) is 38.1 Å². The van der Waals surface area contributed by atoms with E-state index in [2.05, 4.69) is 5.32 Å². The maximum absolute atomic E-state index is 11.9. The molecule has 122 valence electrons. The van der Waals surface area contributed by atoms with Crippen LogP contribution >= 0.6 is 0 Å². The van der Waals surface area contributed by atoms with Crippen LogP contribution in [0.5, 0.6) is 5.75 Å². The molecule has 0 radical (unpaired) electrons. The summed E-state index contributed by atoms with van der Waals surface area (Å²) in [6.45, 7) is 3.41. The minimum absolute atomic E-state index is 0.0928. The first kappa shape index (κ1) is 16.6. The highest BCUT2D eigenvalue weighted by Gasteiger charge is 2.15. The largest absolute Gasteiger partial charge is 0.491 e. The third-order valence-electron chi connectivity index (χ3n) is 2.74. The number of benzene rings is 1. The van der Waals surface area contributed by atoms with Crippen molar-refractivity contribution in [1.82, 2.24) is 0 Å². The zero-order valence-electron chi connectivity index (χ0n) is 12.7. The van der Waals surface area contributed by atoms with Crippen molar-refractivity contribution in [2.45, 2.75) is 19.4 Å². The van der Waals surface area contributed by atoms with Gasteiger partial charge in [-0.05, 0) is 50.2 Å². The van der Waals surface area contributed by atoms with Crippen LogP contribution in [0.3, 0.4) is 0 Å². The number of aromatic carboxylic acids is 1. The van der Waals surface area contributed by atoms with E-state index in [9.17, 15) is 14.7 Å². The van der Waals surface area contributed by atoms with Crippen LogP contribution in [-0.4, -0.2) is 34.3 Å². The first-order chi connectivity index (χ1) is 10.7. The van der Waals surface area contributed by atoms with Crippen molar-refractivity contribution in [2.24, 2.45) is 0 Å². The number of hydrogen-bond donors (Lipinski definition) is 3. The Morgan fingerprint density at radius 1 is 1.13 bits per heavy atom. The quantitative estimate of drug-likeness (QED) is 0.754. The molecule has 0 atom stereocenters. The molecule has 23 heavy (non-hydrogen) atoms. The van der Waals surface area contributed by atoms with Crippen LogP contribution in [0.15, 0.2) is 40.8 Å². The van der Waals surface area contributed by atoms with Gasteiger partial charge >= 0.3 is 5.97 Å². The number of furan rings is 1. The molecule has 2 rings (SSSR count). The molecule has 1 aromatic carbocycles. The minimum Gasteiger partial charge on any atom is -0.491 e. The molecule has 1 aromatic heterocycles. The lowest BCUT2D eigenvalue weighted by molar-refractivity contribution is 0.0285. The normalized spacial score (nSPS) is 11.1. The van der Waals surface area contributed by atoms with Gasteiger partial charge in [0, 0.05) is 5.69 Å². The zero-order valence-corrected chi connectivity index (χ0v) is 12.7. The van der Waals surface area contributed by atoms with Gasteiger partial charge in [0.15, 0.2) is 5.76 Å². The summed E-state index contributed by atoms with van der Waals surface area (Å²) >= 11 is 0. The first-order valence-corrected chi connectivity index (χ1v) is 6.84. The van der Waals surface area contributed by atoms with Gasteiger partial charge < -0.3 is 24.7 Å². The molecule has 2 aromatic rings. The van der Waals surface area contributed by atoms with Crippen LogP contribution in [0, 0.1) is 0 Å². The van der Waals surface area contributed by atoms with Gasteiger partial charge in [0.2, 0.25) is 5.76 Å². The smallest absolute Gasteiger partial charge is 0.371 e. The fourth-order valence-corrected chi connectivity index (χ4v) is 1.66. The van der Waals surface area contributed by atoms with Gasteiger partial charge in [0.1, 0.15) is 12.4 Å². The predicted molar refractivity (Wildman–Crippen MR) is 81.9 cm³/mol. The second kappa shape index (κ2) is 6.53. The van der Waals surface area contributed by atoms with E-state index in [1.165, 1.54) is 12.1 Å². The number of carboxylic acids is 1. The van der Waals surface area contributed by atoms with Gasteiger partial charge in [-0.3, -0.25) is 4.79 Å². The van der Waals surface area contributed by atoms with Crippen molar-refractivity contribution in [2.75, 3.05) is 11.9 Å². The molecule has 7 nitrogen and oxygen atoms in total. The SMILES string of the molecule is CC(C)(O)COc1ccc(NC(=O)c2ccc(C(=O)O)o2)cc1. The van der Waals surface area contributed by atoms with Crippen LogP contribution < -0.4 is 10.1 Å². The number of aliphatic hydroxyl groups is 1. The first-order valence-electron chi connectivity index (χ1n) is 6.84. The molecule has 0 fully saturated rings. The molecular weight excluding hydrogens is 302 g/mol. The fourth-order valence-electron chi connectivity index (χ4n) is 1.66. The molecule has 0 aliphatic carbocycles. The van der Waals surface area contributed by atoms with Gasteiger partial charge in [-0.1, -0.05) is 0 Å². The lowest BCUT2D eigenvalue weighted by Gasteiger charge is -2.17. The summed E-state index contributed by atoms with van der Waals surface area (Å²) < 4.78 is 10.3. The van der Waals surface area contributed by atoms with Gasteiger partial charge in [-0.2, -0.15) is 0 Å². The van der Waals surface area contributed by atoms with E-state index in [0.717, 1.165) is 0 Å². The number of nitrogens with one attached hydrogen (secondary N) is 1. The summed E-state index contributed by atoms with van der Waals surface area (Å²) in [5.41, 5.74) is -0.438. The summed E-state index contributed by atoms with van der Waals surface area (Å²) in [7, 11) is 0. The molecule has 1 heterocycles. The Labute approximate surface area is 132 Å². The van der Waals surface area contributed by atoms with Gasteiger partial charge in [0.25, 0.3) is 5.91 Å². The van der Waals surface area contributed by atoms with E-state index < -0.39 is 17.5 Å². The molecule has 0 unspecified atom stereocenters. The van der Waals surface area contributed by atoms with Crippen LogP contribution in [0.1, 0.15) is 35.0 Å². The molecule has 0 aliphatic rings. The van der Waals surface area contributed by atoms with E-state index in [1.807, 2.05) is 0 Å². The molecule has 0 bridgehead atoms. The molecule has 1 amide bonds. The number of amides is 1. The van der Waals surface area contributed by atoms with E-state index in [0.29, 0.717) is 11.4 Å². The molecule has 0 aliphatic heterocycles. The Morgan fingerprint density at radius 2 is 1.74 bits per heavy atom. The van der Waals surface area contributed by atoms with Crippen molar-refractivity contribution in [3.63, 3.8) is 0 Å². The number of carboxylic acid groups (broad SMARTS) is 1. The molecule has 0 spiro atoms. The standard InChI is InChI=1S/C16H17NO6/c1-16(2,21)9-22-11-5-3-10(4-6-11)17-14(18)12-7-8-13(23-12)15(19)20/h3-8,21H,9H2,1-2H3,(H,17,18)(H,19,20). The molecule has 0 saturated carbocycles. The number of carbonyl (C=O) groups is 2. The maximum atomic E-state index is 11.9. The molecular formula is C16H17NO6. The summed E-state index contributed by atoms with van der Waals surface area (Å²) in [6.07, 6.45) is 0. The number of rotatable bonds is 6. The second-order valence-electron chi connectivity index (χ2n) is 5.55. The summed E-state index contributed by atoms with van der Waals surface area (Å²) in [5, 5.41) is 20.9. The van der Waals surface area contributed by atoms with E-state index >= 15 is 0 Å². The van der Waals surface area contributed by atoms with Crippen molar-refractivity contribution in [1.29, 1.82) is 0 Å². The van der Waals surface area contributed by atoms with Crippen molar-refractivity contribution >= 4 is 17.6 Å². The molecule has 0 saturated heterocycles. The summed E-state index contributed by atoms with van der Waals surface area (Å²) in [6, 6.07) is 9.04. The Bertz CT molecular complexity index is 696. The van der Waals surface area contributed by atoms with Crippen LogP contribution in [0.25, 0.3) is 0 Å². The topological polar surface area (TPSA) is 109 Å². The fraction of sp³-hybridized carbons (Fsp3) is 0.250. The average Bonchev–Trinajstić information content (AvgIpc) is 2.96. The number of hydrogen-bond acceptors (Lipinski definition) is 5. The average molecular weight is 319 g/mol. The van der Waals surface area contributed by atoms with Crippen LogP contribution in [-0.2, 0) is 0 Å². The van der Waals surface area contributed by atoms with Gasteiger partial charge in [0.05, 0.1) is 5.60 Å². The van der Waals surface area contributed by atoms with E-state index in [4.69, 9.17) is 14.3 Å². The number of carbonyl (C=O) groups excluding carboxylic acids is 1. The van der Waals surface area contributed by atoms with Gasteiger partial charge in [-0.15, -0.1) is 0 Å². The Kier molecular flexibility index (Phi) is 4.71. The predicted octanol–water partition coefficient (Wildman–Crippen LogP) is 2.38. The lowest BCUT2D eigenvalue weighted by Crippen LogP contribution is -2.27. The minimum atomic E-state index is -1.24. The highest BCUT2D eigenvalue weighted by Crippen LogP contribution is 2.18. The van der Waals surface area contributed by atoms with Gasteiger partial charge in [-0.25, -0.2) is 4.79 Å².